The Bertz CT molecular complexity index is 794. The SMILES string of the molecule is NNC=NCCOc1ccc(C(=O)NC[C@H](NC(=O)C2CCCCC2)C(=O)O)c(O)c1. The zero-order chi connectivity index (χ0) is 22.6. The molecule has 0 unspecified atom stereocenters. The summed E-state index contributed by atoms with van der Waals surface area (Å²) in [5.74, 6) is 2.65. The predicted molar refractivity (Wildman–Crippen MR) is 113 cm³/mol. The van der Waals surface area contributed by atoms with Crippen molar-refractivity contribution in [3.05, 3.63) is 23.8 Å². The smallest absolute Gasteiger partial charge is 0.328 e. The zero-order valence-corrected chi connectivity index (χ0v) is 17.2. The molecule has 0 spiro atoms. The molecule has 0 saturated heterocycles. The van der Waals surface area contributed by atoms with Crippen molar-refractivity contribution in [1.29, 1.82) is 0 Å². The van der Waals surface area contributed by atoms with Crippen molar-refractivity contribution in [3.8, 4) is 11.5 Å². The van der Waals surface area contributed by atoms with Crippen LogP contribution in [0.4, 0.5) is 0 Å². The maximum Gasteiger partial charge on any atom is 0.328 e. The van der Waals surface area contributed by atoms with Crippen LogP contribution in [-0.4, -0.2) is 60.1 Å². The normalized spacial score (nSPS) is 15.3. The number of nitrogens with two attached hydrogens (primary N) is 1. The van der Waals surface area contributed by atoms with Crippen molar-refractivity contribution in [3.63, 3.8) is 0 Å². The Morgan fingerprint density at radius 1 is 1.26 bits per heavy atom. The van der Waals surface area contributed by atoms with E-state index in [9.17, 15) is 24.6 Å². The Hall–Kier alpha value is -3.34. The summed E-state index contributed by atoms with van der Waals surface area (Å²) in [6, 6.07) is 2.88. The topological polar surface area (TPSA) is 175 Å². The van der Waals surface area contributed by atoms with Crippen LogP contribution >= 0.6 is 0 Å². The van der Waals surface area contributed by atoms with Crippen molar-refractivity contribution in [2.24, 2.45) is 16.8 Å². The molecule has 170 valence electrons. The number of amides is 2. The number of carboxylic acids is 1. The average molecular weight is 435 g/mol. The van der Waals surface area contributed by atoms with Crippen molar-refractivity contribution >= 4 is 24.1 Å². The standard InChI is InChI=1S/C20H29N5O6/c21-24-12-22-8-9-31-14-6-7-15(17(26)10-14)19(28)23-11-16(20(29)30)25-18(27)13-4-2-1-3-5-13/h6-7,10,12-13,16,26H,1-5,8-9,11,21H2,(H,22,24)(H,23,28)(H,25,27)(H,29,30)/t16-/m0/s1. The summed E-state index contributed by atoms with van der Waals surface area (Å²) < 4.78 is 5.40. The van der Waals surface area contributed by atoms with E-state index in [0.717, 1.165) is 32.1 Å². The van der Waals surface area contributed by atoms with Crippen molar-refractivity contribution in [2.45, 2.75) is 38.1 Å². The highest BCUT2D eigenvalue weighted by Crippen LogP contribution is 2.24. The van der Waals surface area contributed by atoms with E-state index < -0.39 is 17.9 Å². The number of phenolic OH excluding ortho intramolecular Hbond substituents is 1. The van der Waals surface area contributed by atoms with Crippen LogP contribution in [0.15, 0.2) is 23.2 Å². The number of nitrogens with one attached hydrogen (secondary N) is 3. The van der Waals surface area contributed by atoms with Gasteiger partial charge in [-0.1, -0.05) is 19.3 Å². The summed E-state index contributed by atoms with van der Waals surface area (Å²) in [4.78, 5) is 40.1. The molecule has 0 aliphatic heterocycles. The largest absolute Gasteiger partial charge is 0.507 e. The van der Waals surface area contributed by atoms with Crippen LogP contribution in [0.5, 0.6) is 11.5 Å². The number of hydrogen-bond acceptors (Lipinski definition) is 7. The van der Waals surface area contributed by atoms with Crippen LogP contribution in [0, 0.1) is 5.92 Å². The molecule has 1 saturated carbocycles. The summed E-state index contributed by atoms with van der Waals surface area (Å²) in [6.45, 7) is 0.276. The molecular weight excluding hydrogens is 406 g/mol. The first kappa shape index (κ1) is 23.9. The maximum absolute atomic E-state index is 12.4. The molecule has 0 heterocycles. The van der Waals surface area contributed by atoms with Crippen LogP contribution in [0.2, 0.25) is 0 Å². The second-order valence-corrected chi connectivity index (χ2v) is 7.17. The van der Waals surface area contributed by atoms with E-state index in [1.165, 1.54) is 24.5 Å². The van der Waals surface area contributed by atoms with Crippen LogP contribution < -0.4 is 26.6 Å². The molecule has 7 N–H and O–H groups in total. The lowest BCUT2D eigenvalue weighted by Gasteiger charge is -2.23. The molecule has 2 rings (SSSR count). The predicted octanol–water partition coefficient (Wildman–Crippen LogP) is 0.142. The van der Waals surface area contributed by atoms with Gasteiger partial charge < -0.3 is 31.0 Å². The van der Waals surface area contributed by atoms with Gasteiger partial charge in [-0.3, -0.25) is 14.6 Å². The Morgan fingerprint density at radius 3 is 2.65 bits per heavy atom. The number of nitrogens with zero attached hydrogens (tertiary/aromatic N) is 1. The van der Waals surface area contributed by atoms with E-state index in [2.05, 4.69) is 21.1 Å². The number of ether oxygens (including phenoxy) is 1. The van der Waals surface area contributed by atoms with Gasteiger partial charge in [-0.25, -0.2) is 10.6 Å². The maximum atomic E-state index is 12.4. The highest BCUT2D eigenvalue weighted by atomic mass is 16.5. The monoisotopic (exact) mass is 435 g/mol. The fourth-order valence-corrected chi connectivity index (χ4v) is 3.27. The van der Waals surface area contributed by atoms with E-state index in [4.69, 9.17) is 10.6 Å². The van der Waals surface area contributed by atoms with E-state index in [0.29, 0.717) is 12.3 Å². The summed E-state index contributed by atoms with van der Waals surface area (Å²) in [6.07, 6.45) is 5.77. The second-order valence-electron chi connectivity index (χ2n) is 7.17. The van der Waals surface area contributed by atoms with Gasteiger partial charge in [0.25, 0.3) is 5.91 Å². The molecule has 31 heavy (non-hydrogen) atoms. The molecule has 0 radical (unpaired) electrons. The molecule has 0 bridgehead atoms. The van der Waals surface area contributed by atoms with Crippen LogP contribution in [-0.2, 0) is 9.59 Å². The van der Waals surface area contributed by atoms with Gasteiger partial charge in [0.1, 0.15) is 24.1 Å². The second kappa shape index (κ2) is 12.4. The van der Waals surface area contributed by atoms with Gasteiger partial charge in [0.15, 0.2) is 0 Å². The molecule has 1 aromatic rings. The van der Waals surface area contributed by atoms with Crippen LogP contribution in [0.3, 0.4) is 0 Å². The lowest BCUT2D eigenvalue weighted by atomic mass is 9.88. The van der Waals surface area contributed by atoms with Crippen LogP contribution in [0.1, 0.15) is 42.5 Å². The lowest BCUT2D eigenvalue weighted by Crippen LogP contribution is -2.50. The molecule has 1 aliphatic carbocycles. The number of carbonyl (C=O) groups is 3. The summed E-state index contributed by atoms with van der Waals surface area (Å²) >= 11 is 0. The molecule has 2 amide bonds. The Kier molecular flexibility index (Phi) is 9.56. The van der Waals surface area contributed by atoms with Gasteiger partial charge in [-0.15, -0.1) is 0 Å². The molecule has 0 aromatic heterocycles. The number of phenols is 1. The summed E-state index contributed by atoms with van der Waals surface area (Å²) in [7, 11) is 0. The van der Waals surface area contributed by atoms with Gasteiger partial charge in [-0.2, -0.15) is 0 Å². The highest BCUT2D eigenvalue weighted by Gasteiger charge is 2.27. The lowest BCUT2D eigenvalue weighted by molar-refractivity contribution is -0.142. The number of carbonyl (C=O) groups excluding carboxylic acids is 2. The molecule has 1 aromatic carbocycles. The molecule has 1 atom stereocenters. The van der Waals surface area contributed by atoms with Crippen molar-refractivity contribution in [1.82, 2.24) is 16.1 Å². The van der Waals surface area contributed by atoms with Gasteiger partial charge >= 0.3 is 5.97 Å². The molecular formula is C20H29N5O6. The van der Waals surface area contributed by atoms with E-state index in [1.54, 1.807) is 0 Å². The molecule has 1 aliphatic rings. The number of carboxylic acid groups (broad SMARTS) is 1. The average Bonchev–Trinajstić information content (AvgIpc) is 2.76. The Morgan fingerprint density at radius 2 is 2.00 bits per heavy atom. The minimum absolute atomic E-state index is 0.0413. The minimum Gasteiger partial charge on any atom is -0.507 e. The molecule has 11 nitrogen and oxygen atoms in total. The molecule has 11 heteroatoms. The number of rotatable bonds is 11. The quantitative estimate of drug-likeness (QED) is 0.0935. The van der Waals surface area contributed by atoms with Crippen molar-refractivity contribution in [2.75, 3.05) is 19.7 Å². The van der Waals surface area contributed by atoms with Gasteiger partial charge in [0.05, 0.1) is 18.4 Å². The van der Waals surface area contributed by atoms with Gasteiger partial charge in [0.2, 0.25) is 5.91 Å². The molecule has 1 fully saturated rings. The Labute approximate surface area is 180 Å². The van der Waals surface area contributed by atoms with Crippen LogP contribution in [0.25, 0.3) is 0 Å². The first-order valence-electron chi connectivity index (χ1n) is 10.1. The fraction of sp³-hybridized carbons (Fsp3) is 0.500. The van der Waals surface area contributed by atoms with E-state index >= 15 is 0 Å². The van der Waals surface area contributed by atoms with Gasteiger partial charge in [0, 0.05) is 18.5 Å². The first-order valence-corrected chi connectivity index (χ1v) is 10.1. The van der Waals surface area contributed by atoms with E-state index in [-0.39, 0.29) is 36.3 Å². The number of aliphatic carboxylic acids is 1. The fourth-order valence-electron chi connectivity index (χ4n) is 3.27. The highest BCUT2D eigenvalue weighted by molar-refractivity contribution is 5.97. The first-order chi connectivity index (χ1) is 14.9. The number of aromatic hydroxyl groups is 1. The summed E-state index contributed by atoms with van der Waals surface area (Å²) in [5, 5.41) is 24.4. The number of hydrazine groups is 1. The number of aliphatic imine (C=N–C) groups is 1. The zero-order valence-electron chi connectivity index (χ0n) is 17.2. The van der Waals surface area contributed by atoms with Gasteiger partial charge in [-0.05, 0) is 25.0 Å². The summed E-state index contributed by atoms with van der Waals surface area (Å²) in [5.41, 5.74) is 2.22. The third kappa shape index (κ3) is 7.78. The Balaban J connectivity index is 1.88. The van der Waals surface area contributed by atoms with E-state index in [1.807, 2.05) is 0 Å². The number of benzene rings is 1. The third-order valence-corrected chi connectivity index (χ3v) is 4.93. The van der Waals surface area contributed by atoms with Crippen molar-refractivity contribution < 1.29 is 29.3 Å². The minimum atomic E-state index is -1.26. The number of hydrogen-bond donors (Lipinski definition) is 6. The third-order valence-electron chi connectivity index (χ3n) is 4.93.